The molecule has 1 N–H and O–H groups in total. The number of thiazole rings is 1. The molecule has 7 nitrogen and oxygen atoms in total. The van der Waals surface area contributed by atoms with Crippen molar-refractivity contribution in [3.05, 3.63) is 59.9 Å². The zero-order chi connectivity index (χ0) is 17.9. The van der Waals surface area contributed by atoms with E-state index in [1.165, 1.54) is 17.4 Å². The van der Waals surface area contributed by atoms with E-state index in [2.05, 4.69) is 15.4 Å². The molecule has 0 fully saturated rings. The van der Waals surface area contributed by atoms with Gasteiger partial charge < -0.3 is 9.15 Å². The molecule has 130 valence electrons. The number of amides is 1. The van der Waals surface area contributed by atoms with Crippen molar-refractivity contribution in [1.82, 2.24) is 14.6 Å². The van der Waals surface area contributed by atoms with Crippen molar-refractivity contribution in [3.63, 3.8) is 0 Å². The van der Waals surface area contributed by atoms with Crippen molar-refractivity contribution in [2.75, 3.05) is 12.4 Å². The van der Waals surface area contributed by atoms with Crippen LogP contribution in [0.4, 0.5) is 5.95 Å². The standard InChI is InChI=1S/C18H14N4O3S/c1-24-15-7-3-2-6-13(15)14-11-26-18-20-17(21-22(14)18)19-16(23)9-8-12-5-4-10-25-12/h2-11H,1H3,(H,19,21,23)/b9-8+. The van der Waals surface area contributed by atoms with Gasteiger partial charge in [0.05, 0.1) is 19.1 Å². The minimum Gasteiger partial charge on any atom is -0.496 e. The predicted octanol–water partition coefficient (Wildman–Crippen LogP) is 3.71. The Morgan fingerprint density at radius 2 is 2.19 bits per heavy atom. The predicted molar refractivity (Wildman–Crippen MR) is 99.2 cm³/mol. The lowest BCUT2D eigenvalue weighted by molar-refractivity contribution is -0.111. The number of furan rings is 1. The molecule has 0 radical (unpaired) electrons. The molecule has 0 aliphatic rings. The summed E-state index contributed by atoms with van der Waals surface area (Å²) in [6.45, 7) is 0. The fraction of sp³-hybridized carbons (Fsp3) is 0.0556. The van der Waals surface area contributed by atoms with Crippen LogP contribution in [0, 0.1) is 0 Å². The van der Waals surface area contributed by atoms with Crippen molar-refractivity contribution in [1.29, 1.82) is 0 Å². The Hall–Kier alpha value is -3.39. The Labute approximate surface area is 152 Å². The van der Waals surface area contributed by atoms with Gasteiger partial charge in [0.15, 0.2) is 0 Å². The largest absolute Gasteiger partial charge is 0.496 e. The van der Waals surface area contributed by atoms with Gasteiger partial charge in [0.2, 0.25) is 4.96 Å². The molecule has 4 aromatic rings. The van der Waals surface area contributed by atoms with Crippen LogP contribution in [0.3, 0.4) is 0 Å². The van der Waals surface area contributed by atoms with Crippen molar-refractivity contribution < 1.29 is 13.9 Å². The highest BCUT2D eigenvalue weighted by atomic mass is 32.1. The summed E-state index contributed by atoms with van der Waals surface area (Å²) < 4.78 is 12.2. The highest BCUT2D eigenvalue weighted by Crippen LogP contribution is 2.32. The molecule has 1 aromatic carbocycles. The summed E-state index contributed by atoms with van der Waals surface area (Å²) in [5.41, 5.74) is 1.75. The van der Waals surface area contributed by atoms with E-state index in [0.29, 0.717) is 10.7 Å². The van der Waals surface area contributed by atoms with Gasteiger partial charge in [0, 0.05) is 17.0 Å². The Bertz CT molecular complexity index is 1080. The number of rotatable bonds is 5. The Balaban J connectivity index is 1.59. The molecule has 0 aliphatic carbocycles. The van der Waals surface area contributed by atoms with E-state index in [-0.39, 0.29) is 11.9 Å². The zero-order valence-electron chi connectivity index (χ0n) is 13.7. The maximum absolute atomic E-state index is 12.0. The Morgan fingerprint density at radius 1 is 1.31 bits per heavy atom. The monoisotopic (exact) mass is 366 g/mol. The van der Waals surface area contributed by atoms with Gasteiger partial charge in [0.1, 0.15) is 11.5 Å². The van der Waals surface area contributed by atoms with Crippen LogP contribution < -0.4 is 10.1 Å². The second-order valence-electron chi connectivity index (χ2n) is 5.29. The van der Waals surface area contributed by atoms with Crippen LogP contribution >= 0.6 is 11.3 Å². The highest BCUT2D eigenvalue weighted by Gasteiger charge is 2.15. The molecule has 0 bridgehead atoms. The number of aromatic nitrogens is 3. The van der Waals surface area contributed by atoms with E-state index in [4.69, 9.17) is 9.15 Å². The first kappa shape index (κ1) is 16.1. The fourth-order valence-corrected chi connectivity index (χ4v) is 3.29. The number of nitrogens with zero attached hydrogens (tertiary/aromatic N) is 3. The fourth-order valence-electron chi connectivity index (χ4n) is 2.47. The molecule has 0 saturated heterocycles. The Morgan fingerprint density at radius 3 is 3.00 bits per heavy atom. The number of methoxy groups -OCH3 is 1. The molecular weight excluding hydrogens is 352 g/mol. The van der Waals surface area contributed by atoms with Crippen molar-refractivity contribution in [3.8, 4) is 17.0 Å². The maximum Gasteiger partial charge on any atom is 0.250 e. The van der Waals surface area contributed by atoms with E-state index in [1.54, 1.807) is 36.1 Å². The van der Waals surface area contributed by atoms with Gasteiger partial charge >= 0.3 is 0 Å². The second-order valence-corrected chi connectivity index (χ2v) is 6.13. The lowest BCUT2D eigenvalue weighted by Crippen LogP contribution is -2.09. The van der Waals surface area contributed by atoms with Crippen LogP contribution in [0.25, 0.3) is 22.3 Å². The van der Waals surface area contributed by atoms with E-state index in [0.717, 1.165) is 17.0 Å². The summed E-state index contributed by atoms with van der Waals surface area (Å²) in [7, 11) is 1.63. The minimum absolute atomic E-state index is 0.238. The quantitative estimate of drug-likeness (QED) is 0.545. The van der Waals surface area contributed by atoms with Gasteiger partial charge in [-0.25, -0.2) is 4.52 Å². The summed E-state index contributed by atoms with van der Waals surface area (Å²) in [5.74, 6) is 1.24. The van der Waals surface area contributed by atoms with Crippen LogP contribution in [0.2, 0.25) is 0 Å². The number of hydrogen-bond donors (Lipinski definition) is 1. The van der Waals surface area contributed by atoms with Gasteiger partial charge in [-0.15, -0.1) is 16.4 Å². The number of hydrogen-bond acceptors (Lipinski definition) is 6. The molecule has 4 rings (SSSR count). The Kier molecular flexibility index (Phi) is 4.24. The third-order valence-electron chi connectivity index (χ3n) is 3.64. The number of benzene rings is 1. The second kappa shape index (κ2) is 6.85. The first-order valence-corrected chi connectivity index (χ1v) is 8.63. The van der Waals surface area contributed by atoms with Crippen LogP contribution in [0.1, 0.15) is 5.76 Å². The van der Waals surface area contributed by atoms with E-state index < -0.39 is 0 Å². The minimum atomic E-state index is -0.335. The average molecular weight is 366 g/mol. The molecular formula is C18H14N4O3S. The summed E-state index contributed by atoms with van der Waals surface area (Å²) in [5, 5.41) is 8.99. The topological polar surface area (TPSA) is 81.7 Å². The van der Waals surface area contributed by atoms with Crippen LogP contribution in [-0.4, -0.2) is 27.6 Å². The molecule has 1 amide bonds. The van der Waals surface area contributed by atoms with E-state index in [9.17, 15) is 4.79 Å². The molecule has 0 unspecified atom stereocenters. The average Bonchev–Trinajstić information content (AvgIpc) is 3.37. The van der Waals surface area contributed by atoms with Gasteiger partial charge in [-0.2, -0.15) is 4.98 Å². The number of ether oxygens (including phenoxy) is 1. The zero-order valence-corrected chi connectivity index (χ0v) is 14.6. The van der Waals surface area contributed by atoms with E-state index >= 15 is 0 Å². The third kappa shape index (κ3) is 3.09. The van der Waals surface area contributed by atoms with Crippen LogP contribution in [0.15, 0.2) is 58.5 Å². The molecule has 0 spiro atoms. The summed E-state index contributed by atoms with van der Waals surface area (Å²) in [6.07, 6.45) is 4.49. The number of para-hydroxylation sites is 1. The summed E-state index contributed by atoms with van der Waals surface area (Å²) in [6, 6.07) is 11.2. The SMILES string of the molecule is COc1ccccc1-c1csc2nc(NC(=O)/C=C/c3ccco3)nn12. The van der Waals surface area contributed by atoms with Crippen LogP contribution in [-0.2, 0) is 4.79 Å². The van der Waals surface area contributed by atoms with Gasteiger partial charge in [0.25, 0.3) is 11.9 Å². The van der Waals surface area contributed by atoms with Gasteiger partial charge in [-0.1, -0.05) is 12.1 Å². The number of anilines is 1. The van der Waals surface area contributed by atoms with E-state index in [1.807, 2.05) is 29.6 Å². The molecule has 0 saturated carbocycles. The van der Waals surface area contributed by atoms with Gasteiger partial charge in [-0.3, -0.25) is 10.1 Å². The molecule has 26 heavy (non-hydrogen) atoms. The van der Waals surface area contributed by atoms with Gasteiger partial charge in [-0.05, 0) is 30.3 Å². The lowest BCUT2D eigenvalue weighted by Gasteiger charge is -2.06. The highest BCUT2D eigenvalue weighted by molar-refractivity contribution is 7.15. The number of carbonyl (C=O) groups is 1. The smallest absolute Gasteiger partial charge is 0.250 e. The normalized spacial score (nSPS) is 11.3. The number of carbonyl (C=O) groups excluding carboxylic acids is 1. The molecule has 8 heteroatoms. The molecule has 0 aliphatic heterocycles. The summed E-state index contributed by atoms with van der Waals surface area (Å²) in [4.78, 5) is 17.0. The molecule has 3 heterocycles. The van der Waals surface area contributed by atoms with Crippen molar-refractivity contribution >= 4 is 34.2 Å². The molecule has 3 aromatic heterocycles. The number of fused-ring (bicyclic) bond motifs is 1. The first-order valence-electron chi connectivity index (χ1n) is 7.75. The third-order valence-corrected chi connectivity index (χ3v) is 4.46. The summed E-state index contributed by atoms with van der Waals surface area (Å²) >= 11 is 1.44. The van der Waals surface area contributed by atoms with Crippen LogP contribution in [0.5, 0.6) is 5.75 Å². The first-order chi connectivity index (χ1) is 12.7. The van der Waals surface area contributed by atoms with Crippen molar-refractivity contribution in [2.24, 2.45) is 0 Å². The van der Waals surface area contributed by atoms with Crippen molar-refractivity contribution in [2.45, 2.75) is 0 Å². The maximum atomic E-state index is 12.0. The molecule has 0 atom stereocenters. The number of nitrogens with one attached hydrogen (secondary N) is 1. The lowest BCUT2D eigenvalue weighted by atomic mass is 10.1.